The summed E-state index contributed by atoms with van der Waals surface area (Å²) in [7, 11) is 1.96. The van der Waals surface area contributed by atoms with Crippen LogP contribution in [-0.2, 0) is 13.5 Å². The molecule has 1 atom stereocenters. The summed E-state index contributed by atoms with van der Waals surface area (Å²) in [6.45, 7) is 3.40. The Kier molecular flexibility index (Phi) is 2.54. The van der Waals surface area contributed by atoms with Crippen molar-refractivity contribution < 1.29 is 0 Å². The van der Waals surface area contributed by atoms with Crippen molar-refractivity contribution in [2.24, 2.45) is 7.05 Å². The van der Waals surface area contributed by atoms with Crippen molar-refractivity contribution in [1.29, 1.82) is 0 Å². The van der Waals surface area contributed by atoms with E-state index in [0.29, 0.717) is 5.54 Å². The summed E-state index contributed by atoms with van der Waals surface area (Å²) in [5.74, 6) is 0. The smallest absolute Gasteiger partial charge is 0.0725 e. The second kappa shape index (κ2) is 3.69. The zero-order valence-corrected chi connectivity index (χ0v) is 8.95. The molecule has 1 unspecified atom stereocenters. The summed E-state index contributed by atoms with van der Waals surface area (Å²) in [4.78, 5) is 0. The molecule has 2 rings (SSSR count). The fourth-order valence-corrected chi connectivity index (χ4v) is 2.26. The molecule has 1 fully saturated rings. The van der Waals surface area contributed by atoms with E-state index in [-0.39, 0.29) is 0 Å². The highest BCUT2D eigenvalue weighted by Crippen LogP contribution is 2.26. The van der Waals surface area contributed by atoms with E-state index >= 15 is 0 Å². The second-order valence-electron chi connectivity index (χ2n) is 4.19. The first kappa shape index (κ1) is 9.65. The Bertz CT molecular complexity index is 299. The van der Waals surface area contributed by atoms with Gasteiger partial charge in [0.15, 0.2) is 0 Å². The van der Waals surface area contributed by atoms with Crippen LogP contribution in [-0.4, -0.2) is 27.1 Å². The van der Waals surface area contributed by atoms with E-state index in [1.165, 1.54) is 25.0 Å². The van der Waals surface area contributed by atoms with Crippen molar-refractivity contribution in [3.8, 4) is 0 Å². The minimum absolute atomic E-state index is 0.301. The molecule has 1 aliphatic heterocycles. The van der Waals surface area contributed by atoms with Crippen LogP contribution in [0.15, 0.2) is 6.20 Å². The normalized spacial score (nSPS) is 27.0. The van der Waals surface area contributed by atoms with Gasteiger partial charge in [-0.15, -0.1) is 5.10 Å². The lowest BCUT2D eigenvalue weighted by Crippen LogP contribution is -2.41. The van der Waals surface area contributed by atoms with Gasteiger partial charge >= 0.3 is 0 Å². The highest BCUT2D eigenvalue weighted by atomic mass is 15.4. The molecule has 14 heavy (non-hydrogen) atoms. The average molecular weight is 194 g/mol. The third kappa shape index (κ3) is 1.66. The van der Waals surface area contributed by atoms with Gasteiger partial charge in [0.1, 0.15) is 0 Å². The van der Waals surface area contributed by atoms with Crippen molar-refractivity contribution in [3.05, 3.63) is 11.9 Å². The number of hydrogen-bond acceptors (Lipinski definition) is 3. The molecule has 0 spiro atoms. The van der Waals surface area contributed by atoms with Crippen LogP contribution in [0, 0.1) is 0 Å². The first-order chi connectivity index (χ1) is 6.76. The van der Waals surface area contributed by atoms with Crippen LogP contribution >= 0.6 is 0 Å². The second-order valence-corrected chi connectivity index (χ2v) is 4.19. The third-order valence-electron chi connectivity index (χ3n) is 3.34. The summed E-state index contributed by atoms with van der Waals surface area (Å²) < 4.78 is 1.87. The van der Waals surface area contributed by atoms with Crippen molar-refractivity contribution in [2.75, 3.05) is 6.54 Å². The van der Waals surface area contributed by atoms with Gasteiger partial charge in [0.05, 0.1) is 11.9 Å². The number of nitrogens with one attached hydrogen (secondary N) is 1. The lowest BCUT2D eigenvalue weighted by Gasteiger charge is -2.27. The molecule has 4 nitrogen and oxygen atoms in total. The summed E-state index contributed by atoms with van der Waals surface area (Å²) in [5.41, 5.74) is 1.52. The van der Waals surface area contributed by atoms with Gasteiger partial charge in [-0.3, -0.25) is 4.68 Å². The molecule has 1 N–H and O–H groups in total. The molecule has 0 aromatic carbocycles. The Morgan fingerprint density at radius 1 is 1.64 bits per heavy atom. The molecular formula is C10H18N4. The SMILES string of the molecule is CCC1(Cc2cnnn2C)CCCN1. The van der Waals surface area contributed by atoms with E-state index in [4.69, 9.17) is 0 Å². The van der Waals surface area contributed by atoms with Gasteiger partial charge in [-0.05, 0) is 25.8 Å². The van der Waals surface area contributed by atoms with Crippen LogP contribution in [0.2, 0.25) is 0 Å². The number of nitrogens with zero attached hydrogens (tertiary/aromatic N) is 3. The van der Waals surface area contributed by atoms with Gasteiger partial charge in [0.25, 0.3) is 0 Å². The molecule has 2 heterocycles. The maximum Gasteiger partial charge on any atom is 0.0725 e. The minimum Gasteiger partial charge on any atom is -0.311 e. The molecule has 0 bridgehead atoms. The topological polar surface area (TPSA) is 42.7 Å². The van der Waals surface area contributed by atoms with Crippen molar-refractivity contribution >= 4 is 0 Å². The quantitative estimate of drug-likeness (QED) is 0.777. The van der Waals surface area contributed by atoms with Crippen molar-refractivity contribution in [2.45, 2.75) is 38.1 Å². The maximum absolute atomic E-state index is 3.96. The molecule has 0 saturated carbocycles. The van der Waals surface area contributed by atoms with Crippen LogP contribution in [0.1, 0.15) is 31.9 Å². The minimum atomic E-state index is 0.301. The lowest BCUT2D eigenvalue weighted by molar-refractivity contribution is 0.351. The summed E-state index contributed by atoms with van der Waals surface area (Å²) in [5, 5.41) is 11.5. The van der Waals surface area contributed by atoms with Crippen LogP contribution in [0.5, 0.6) is 0 Å². The third-order valence-corrected chi connectivity index (χ3v) is 3.34. The fraction of sp³-hybridized carbons (Fsp3) is 0.800. The first-order valence-corrected chi connectivity index (χ1v) is 5.34. The van der Waals surface area contributed by atoms with E-state index in [2.05, 4.69) is 22.6 Å². The Labute approximate surface area is 84.7 Å². The zero-order chi connectivity index (χ0) is 10.0. The van der Waals surface area contributed by atoms with E-state index < -0.39 is 0 Å². The predicted octanol–water partition coefficient (Wildman–Crippen LogP) is 0.890. The number of aryl methyl sites for hydroxylation is 1. The molecule has 1 aliphatic rings. The Morgan fingerprint density at radius 2 is 2.50 bits per heavy atom. The summed E-state index contributed by atoms with van der Waals surface area (Å²) in [6, 6.07) is 0. The summed E-state index contributed by atoms with van der Waals surface area (Å²) >= 11 is 0. The molecule has 4 heteroatoms. The van der Waals surface area contributed by atoms with Crippen LogP contribution in [0.4, 0.5) is 0 Å². The Morgan fingerprint density at radius 3 is 3.00 bits per heavy atom. The molecule has 1 aromatic rings. The highest BCUT2D eigenvalue weighted by Gasteiger charge is 2.32. The molecule has 1 aromatic heterocycles. The molecule has 0 aliphatic carbocycles. The van der Waals surface area contributed by atoms with Crippen molar-refractivity contribution in [1.82, 2.24) is 20.3 Å². The molecular weight excluding hydrogens is 176 g/mol. The number of hydrogen-bond donors (Lipinski definition) is 1. The monoisotopic (exact) mass is 194 g/mol. The summed E-state index contributed by atoms with van der Waals surface area (Å²) in [6.07, 6.45) is 6.66. The van der Waals surface area contributed by atoms with Gasteiger partial charge in [-0.1, -0.05) is 12.1 Å². The van der Waals surface area contributed by atoms with E-state index in [9.17, 15) is 0 Å². The van der Waals surface area contributed by atoms with Gasteiger partial charge in [0, 0.05) is 19.0 Å². The molecule has 1 saturated heterocycles. The van der Waals surface area contributed by atoms with Gasteiger partial charge < -0.3 is 5.32 Å². The molecule has 0 radical (unpaired) electrons. The number of aromatic nitrogens is 3. The predicted molar refractivity (Wildman–Crippen MR) is 55.0 cm³/mol. The van der Waals surface area contributed by atoms with E-state index in [1.54, 1.807) is 0 Å². The van der Waals surface area contributed by atoms with E-state index in [0.717, 1.165) is 13.0 Å². The van der Waals surface area contributed by atoms with Crippen LogP contribution in [0.3, 0.4) is 0 Å². The fourth-order valence-electron chi connectivity index (χ4n) is 2.26. The molecule has 78 valence electrons. The first-order valence-electron chi connectivity index (χ1n) is 5.34. The molecule has 0 amide bonds. The van der Waals surface area contributed by atoms with E-state index in [1.807, 2.05) is 17.9 Å². The Hall–Kier alpha value is -0.900. The standard InChI is InChI=1S/C10H18N4/c1-3-10(5-4-6-11-10)7-9-8-12-13-14(9)2/h8,11H,3-7H2,1-2H3. The average Bonchev–Trinajstić information content (AvgIpc) is 2.79. The van der Waals surface area contributed by atoms with Gasteiger partial charge in [-0.25, -0.2) is 0 Å². The lowest BCUT2D eigenvalue weighted by atomic mass is 9.89. The maximum atomic E-state index is 3.96. The zero-order valence-electron chi connectivity index (χ0n) is 8.95. The van der Waals surface area contributed by atoms with Crippen molar-refractivity contribution in [3.63, 3.8) is 0 Å². The largest absolute Gasteiger partial charge is 0.311 e. The van der Waals surface area contributed by atoms with Gasteiger partial charge in [0.2, 0.25) is 0 Å². The van der Waals surface area contributed by atoms with Crippen LogP contribution < -0.4 is 5.32 Å². The highest BCUT2D eigenvalue weighted by molar-refractivity contribution is 5.05. The number of rotatable bonds is 3. The van der Waals surface area contributed by atoms with Gasteiger partial charge in [-0.2, -0.15) is 0 Å². The van der Waals surface area contributed by atoms with Crippen LogP contribution in [0.25, 0.3) is 0 Å². The Balaban J connectivity index is 2.12.